The highest BCUT2D eigenvalue weighted by molar-refractivity contribution is 6.34. The molecule has 7 heteroatoms. The van der Waals surface area contributed by atoms with E-state index in [1.54, 1.807) is 24.3 Å². The van der Waals surface area contributed by atoms with E-state index in [9.17, 15) is 18.8 Å². The molecule has 0 bridgehead atoms. The molecule has 1 aliphatic rings. The molecular weight excluding hydrogens is 383 g/mol. The fraction of sp³-hybridized carbons (Fsp3) is 0.286. The van der Waals surface area contributed by atoms with E-state index in [4.69, 9.17) is 11.6 Å². The Hall–Kier alpha value is -2.73. The van der Waals surface area contributed by atoms with Gasteiger partial charge < -0.3 is 5.32 Å². The van der Waals surface area contributed by atoms with Crippen LogP contribution in [0.4, 0.5) is 9.18 Å². The molecule has 1 aliphatic heterocycles. The lowest BCUT2D eigenvalue weighted by Gasteiger charge is -2.27. The summed E-state index contributed by atoms with van der Waals surface area (Å²) in [5, 5.41) is 3.00. The number of benzene rings is 2. The first-order valence-corrected chi connectivity index (χ1v) is 9.44. The first-order valence-electron chi connectivity index (χ1n) is 9.07. The normalized spacial score (nSPS) is 19.0. The van der Waals surface area contributed by atoms with Gasteiger partial charge in [0.25, 0.3) is 5.91 Å². The van der Waals surface area contributed by atoms with E-state index in [0.717, 1.165) is 11.3 Å². The van der Waals surface area contributed by atoms with Gasteiger partial charge in [-0.25, -0.2) is 9.18 Å². The minimum Gasteiger partial charge on any atom is -0.319 e. The Morgan fingerprint density at radius 2 is 1.82 bits per heavy atom. The average Bonchev–Trinajstić information content (AvgIpc) is 2.92. The van der Waals surface area contributed by atoms with Crippen LogP contribution in [0.5, 0.6) is 0 Å². The summed E-state index contributed by atoms with van der Waals surface area (Å²) in [6, 6.07) is 11.3. The lowest BCUT2D eigenvalue weighted by Crippen LogP contribution is -2.44. The summed E-state index contributed by atoms with van der Waals surface area (Å²) < 4.78 is 13.4. The fourth-order valence-corrected chi connectivity index (χ4v) is 3.61. The van der Waals surface area contributed by atoms with E-state index in [1.165, 1.54) is 24.3 Å². The van der Waals surface area contributed by atoms with Crippen LogP contribution in [0.25, 0.3) is 0 Å². The van der Waals surface area contributed by atoms with E-state index in [2.05, 4.69) is 5.32 Å². The van der Waals surface area contributed by atoms with Crippen molar-refractivity contribution < 1.29 is 18.8 Å². The van der Waals surface area contributed by atoms with Gasteiger partial charge in [0.05, 0.1) is 11.6 Å². The number of Topliss-reactive ketones (excluding diaryl/α,β-unsaturated/α-hetero) is 1. The largest absolute Gasteiger partial charge is 0.325 e. The molecule has 1 saturated heterocycles. The second-order valence-corrected chi connectivity index (χ2v) is 7.15. The highest BCUT2D eigenvalue weighted by atomic mass is 35.5. The van der Waals surface area contributed by atoms with Gasteiger partial charge in [-0.2, -0.15) is 0 Å². The Morgan fingerprint density at radius 1 is 1.14 bits per heavy atom. The van der Waals surface area contributed by atoms with Gasteiger partial charge in [-0.05, 0) is 36.2 Å². The molecule has 0 saturated carbocycles. The van der Waals surface area contributed by atoms with Crippen LogP contribution in [-0.2, 0) is 10.3 Å². The Bertz CT molecular complexity index is 916. The summed E-state index contributed by atoms with van der Waals surface area (Å²) in [6.07, 6.45) is 1.84. The molecule has 0 spiro atoms. The van der Waals surface area contributed by atoms with Gasteiger partial charge >= 0.3 is 6.03 Å². The molecule has 1 unspecified atom stereocenters. The number of carbonyl (C=O) groups excluding carboxylic acids is 3. The first kappa shape index (κ1) is 20.0. The summed E-state index contributed by atoms with van der Waals surface area (Å²) in [4.78, 5) is 39.4. The van der Waals surface area contributed by atoms with Crippen LogP contribution in [0, 0.1) is 5.82 Å². The number of ketones is 1. The molecule has 3 rings (SSSR count). The van der Waals surface area contributed by atoms with Crippen molar-refractivity contribution >= 4 is 29.3 Å². The maximum atomic E-state index is 13.4. The lowest BCUT2D eigenvalue weighted by atomic mass is 9.84. The zero-order chi connectivity index (χ0) is 20.3. The van der Waals surface area contributed by atoms with E-state index < -0.39 is 35.6 Å². The second-order valence-electron chi connectivity index (χ2n) is 6.74. The van der Waals surface area contributed by atoms with Crippen LogP contribution >= 0.6 is 11.6 Å². The Labute approximate surface area is 167 Å². The molecule has 0 aromatic heterocycles. The lowest BCUT2D eigenvalue weighted by molar-refractivity contribution is -0.131. The summed E-state index contributed by atoms with van der Waals surface area (Å²) in [5.41, 5.74) is -0.562. The molecule has 5 nitrogen and oxygen atoms in total. The SMILES string of the molecule is CCCCC1(c2ccc(F)cc2)NC(=O)N(CC(=O)c2ccccc2Cl)C1=O. The van der Waals surface area contributed by atoms with Crippen molar-refractivity contribution in [1.29, 1.82) is 0 Å². The average molecular weight is 403 g/mol. The Balaban J connectivity index is 1.91. The molecular formula is C21H20ClFN2O3. The number of unbranched alkanes of at least 4 members (excludes halogenated alkanes) is 1. The molecule has 1 N–H and O–H groups in total. The maximum absolute atomic E-state index is 13.4. The van der Waals surface area contributed by atoms with Gasteiger partial charge in [0.1, 0.15) is 11.4 Å². The van der Waals surface area contributed by atoms with Crippen molar-refractivity contribution in [2.75, 3.05) is 6.54 Å². The van der Waals surface area contributed by atoms with Crippen molar-refractivity contribution in [2.45, 2.75) is 31.7 Å². The van der Waals surface area contributed by atoms with Crippen LogP contribution in [0.3, 0.4) is 0 Å². The number of rotatable bonds is 7. The highest BCUT2D eigenvalue weighted by Crippen LogP contribution is 2.34. The van der Waals surface area contributed by atoms with Crippen LogP contribution in [-0.4, -0.2) is 29.2 Å². The number of urea groups is 1. The topological polar surface area (TPSA) is 66.5 Å². The van der Waals surface area contributed by atoms with E-state index in [-0.39, 0.29) is 10.6 Å². The molecule has 2 aromatic rings. The maximum Gasteiger partial charge on any atom is 0.325 e. The number of nitrogens with zero attached hydrogens (tertiary/aromatic N) is 1. The van der Waals surface area contributed by atoms with E-state index in [0.29, 0.717) is 18.4 Å². The minimum absolute atomic E-state index is 0.248. The minimum atomic E-state index is -1.30. The summed E-state index contributed by atoms with van der Waals surface area (Å²) in [6.45, 7) is 1.56. The van der Waals surface area contributed by atoms with Crippen molar-refractivity contribution in [3.63, 3.8) is 0 Å². The molecule has 0 aliphatic carbocycles. The molecule has 28 heavy (non-hydrogen) atoms. The smallest absolute Gasteiger partial charge is 0.319 e. The zero-order valence-electron chi connectivity index (χ0n) is 15.4. The second kappa shape index (κ2) is 8.10. The van der Waals surface area contributed by atoms with Gasteiger partial charge in [0.2, 0.25) is 0 Å². The predicted molar refractivity (Wildman–Crippen MR) is 104 cm³/mol. The standard InChI is InChI=1S/C21H20ClFN2O3/c1-2-3-12-21(14-8-10-15(23)11-9-14)19(27)25(20(28)24-21)13-18(26)16-6-4-5-7-17(16)22/h4-11H,2-3,12-13H2,1H3,(H,24,28). The van der Waals surface area contributed by atoms with E-state index >= 15 is 0 Å². The van der Waals surface area contributed by atoms with Gasteiger partial charge in [-0.3, -0.25) is 14.5 Å². The number of amides is 3. The van der Waals surface area contributed by atoms with Crippen LogP contribution < -0.4 is 5.32 Å². The molecule has 146 valence electrons. The fourth-order valence-electron chi connectivity index (χ4n) is 3.37. The van der Waals surface area contributed by atoms with Crippen LogP contribution in [0.2, 0.25) is 5.02 Å². The van der Waals surface area contributed by atoms with Crippen LogP contribution in [0.1, 0.15) is 42.1 Å². The monoisotopic (exact) mass is 402 g/mol. The molecule has 1 atom stereocenters. The molecule has 0 radical (unpaired) electrons. The van der Waals surface area contributed by atoms with Gasteiger partial charge in [0.15, 0.2) is 5.78 Å². The van der Waals surface area contributed by atoms with Crippen molar-refractivity contribution in [3.8, 4) is 0 Å². The van der Waals surface area contributed by atoms with Crippen molar-refractivity contribution in [3.05, 3.63) is 70.5 Å². The Kier molecular flexibility index (Phi) is 5.79. The number of hydrogen-bond donors (Lipinski definition) is 1. The molecule has 3 amide bonds. The zero-order valence-corrected chi connectivity index (χ0v) is 16.1. The summed E-state index contributed by atoms with van der Waals surface area (Å²) in [7, 11) is 0. The molecule has 2 aromatic carbocycles. The van der Waals surface area contributed by atoms with Crippen molar-refractivity contribution in [1.82, 2.24) is 10.2 Å². The number of halogens is 2. The number of imide groups is 1. The number of carbonyl (C=O) groups is 3. The quantitative estimate of drug-likeness (QED) is 0.554. The molecule has 1 heterocycles. The summed E-state index contributed by atoms with van der Waals surface area (Å²) in [5.74, 6) is -1.38. The third-order valence-corrected chi connectivity index (χ3v) is 5.22. The van der Waals surface area contributed by atoms with E-state index in [1.807, 2.05) is 6.92 Å². The highest BCUT2D eigenvalue weighted by Gasteiger charge is 2.52. The summed E-state index contributed by atoms with van der Waals surface area (Å²) >= 11 is 6.05. The first-order chi connectivity index (χ1) is 13.4. The van der Waals surface area contributed by atoms with Gasteiger partial charge in [-0.15, -0.1) is 0 Å². The third-order valence-electron chi connectivity index (χ3n) is 4.89. The number of hydrogen-bond acceptors (Lipinski definition) is 3. The Morgan fingerprint density at radius 3 is 2.46 bits per heavy atom. The number of nitrogens with one attached hydrogen (secondary N) is 1. The van der Waals surface area contributed by atoms with Crippen molar-refractivity contribution in [2.24, 2.45) is 0 Å². The predicted octanol–water partition coefficient (Wildman–Crippen LogP) is 4.30. The third kappa shape index (κ3) is 3.64. The van der Waals surface area contributed by atoms with Gasteiger partial charge in [0, 0.05) is 5.56 Å². The molecule has 1 fully saturated rings. The van der Waals surface area contributed by atoms with Crippen LogP contribution in [0.15, 0.2) is 48.5 Å². The van der Waals surface area contributed by atoms with Gasteiger partial charge in [-0.1, -0.05) is 55.6 Å².